The third kappa shape index (κ3) is 3.85. The van der Waals surface area contributed by atoms with E-state index in [-0.39, 0.29) is 24.1 Å². The van der Waals surface area contributed by atoms with E-state index in [1.807, 2.05) is 0 Å². The van der Waals surface area contributed by atoms with Crippen LogP contribution in [0.25, 0.3) is 0 Å². The van der Waals surface area contributed by atoms with E-state index in [0.717, 1.165) is 0 Å². The Morgan fingerprint density at radius 1 is 1.37 bits per heavy atom. The third-order valence-electron chi connectivity index (χ3n) is 2.80. The van der Waals surface area contributed by atoms with Gasteiger partial charge in [0.05, 0.1) is 5.92 Å². The average Bonchev–Trinajstić information content (AvgIpc) is 2.23. The number of benzene rings is 1. The van der Waals surface area contributed by atoms with Crippen LogP contribution in [0.1, 0.15) is 5.56 Å². The molecule has 2 rings (SSSR count). The SMILES string of the molecule is O=C(NCc1ccccc1OC(F)(F)F)C1CNC1. The van der Waals surface area contributed by atoms with Crippen LogP contribution in [0.3, 0.4) is 0 Å². The third-order valence-corrected chi connectivity index (χ3v) is 2.80. The highest BCUT2D eigenvalue weighted by Gasteiger charge is 2.32. The Morgan fingerprint density at radius 3 is 2.63 bits per heavy atom. The summed E-state index contributed by atoms with van der Waals surface area (Å²) in [5.41, 5.74) is 0.292. The van der Waals surface area contributed by atoms with Crippen LogP contribution in [-0.2, 0) is 11.3 Å². The Labute approximate surface area is 107 Å². The van der Waals surface area contributed by atoms with E-state index >= 15 is 0 Å². The molecule has 19 heavy (non-hydrogen) atoms. The van der Waals surface area contributed by atoms with Crippen molar-refractivity contribution in [3.05, 3.63) is 29.8 Å². The molecule has 1 heterocycles. The fourth-order valence-electron chi connectivity index (χ4n) is 1.67. The van der Waals surface area contributed by atoms with Gasteiger partial charge in [-0.25, -0.2) is 0 Å². The number of nitrogens with one attached hydrogen (secondary N) is 2. The Balaban J connectivity index is 1.97. The van der Waals surface area contributed by atoms with E-state index in [0.29, 0.717) is 18.7 Å². The van der Waals surface area contributed by atoms with Crippen molar-refractivity contribution < 1.29 is 22.7 Å². The van der Waals surface area contributed by atoms with Crippen LogP contribution in [0.4, 0.5) is 13.2 Å². The molecule has 104 valence electrons. The minimum atomic E-state index is -4.74. The van der Waals surface area contributed by atoms with Gasteiger partial charge in [0.25, 0.3) is 0 Å². The number of para-hydroxylation sites is 1. The summed E-state index contributed by atoms with van der Waals surface area (Å²) >= 11 is 0. The number of halogens is 3. The van der Waals surface area contributed by atoms with Crippen LogP contribution >= 0.6 is 0 Å². The van der Waals surface area contributed by atoms with Crippen LogP contribution in [0.2, 0.25) is 0 Å². The van der Waals surface area contributed by atoms with E-state index in [9.17, 15) is 18.0 Å². The lowest BCUT2D eigenvalue weighted by atomic mass is 10.0. The number of rotatable bonds is 4. The van der Waals surface area contributed by atoms with E-state index in [1.165, 1.54) is 18.2 Å². The van der Waals surface area contributed by atoms with Crippen molar-refractivity contribution in [2.45, 2.75) is 12.9 Å². The Morgan fingerprint density at radius 2 is 2.05 bits per heavy atom. The fourth-order valence-corrected chi connectivity index (χ4v) is 1.67. The highest BCUT2D eigenvalue weighted by atomic mass is 19.4. The highest BCUT2D eigenvalue weighted by Crippen LogP contribution is 2.26. The maximum Gasteiger partial charge on any atom is 0.573 e. The molecular weight excluding hydrogens is 261 g/mol. The zero-order chi connectivity index (χ0) is 13.9. The number of ether oxygens (including phenoxy) is 1. The molecule has 7 heteroatoms. The first-order valence-electron chi connectivity index (χ1n) is 5.78. The van der Waals surface area contributed by atoms with Crippen LogP contribution in [0, 0.1) is 5.92 Å². The van der Waals surface area contributed by atoms with Crippen LogP contribution in [0.15, 0.2) is 24.3 Å². The number of hydrogen-bond acceptors (Lipinski definition) is 3. The summed E-state index contributed by atoms with van der Waals surface area (Å²) in [7, 11) is 0. The maximum absolute atomic E-state index is 12.2. The molecule has 0 bridgehead atoms. The zero-order valence-electron chi connectivity index (χ0n) is 9.96. The second-order valence-corrected chi connectivity index (χ2v) is 4.23. The normalized spacial score (nSPS) is 15.7. The molecular formula is C12H13F3N2O2. The highest BCUT2D eigenvalue weighted by molar-refractivity contribution is 5.80. The molecule has 1 aromatic carbocycles. The van der Waals surface area contributed by atoms with Crippen LogP contribution in [0.5, 0.6) is 5.75 Å². The van der Waals surface area contributed by atoms with Gasteiger partial charge in [-0.3, -0.25) is 4.79 Å². The molecule has 1 amide bonds. The number of amides is 1. The van der Waals surface area contributed by atoms with Crippen molar-refractivity contribution in [1.29, 1.82) is 0 Å². The van der Waals surface area contributed by atoms with E-state index in [2.05, 4.69) is 15.4 Å². The summed E-state index contributed by atoms with van der Waals surface area (Å²) in [6.45, 7) is 1.22. The summed E-state index contributed by atoms with van der Waals surface area (Å²) in [5.74, 6) is -0.557. The molecule has 1 aliphatic heterocycles. The molecule has 4 nitrogen and oxygen atoms in total. The number of carbonyl (C=O) groups is 1. The largest absolute Gasteiger partial charge is 0.573 e. The van der Waals surface area contributed by atoms with Gasteiger partial charge < -0.3 is 15.4 Å². The van der Waals surface area contributed by atoms with Gasteiger partial charge in [-0.2, -0.15) is 0 Å². The van der Waals surface area contributed by atoms with Crippen molar-refractivity contribution in [2.24, 2.45) is 5.92 Å². The van der Waals surface area contributed by atoms with Crippen molar-refractivity contribution in [1.82, 2.24) is 10.6 Å². The minimum absolute atomic E-state index is 0.0155. The predicted molar refractivity (Wildman–Crippen MR) is 61.3 cm³/mol. The van der Waals surface area contributed by atoms with Crippen LogP contribution < -0.4 is 15.4 Å². The van der Waals surface area contributed by atoms with Crippen molar-refractivity contribution in [3.8, 4) is 5.75 Å². The summed E-state index contributed by atoms with van der Waals surface area (Å²) in [6.07, 6.45) is -4.74. The van der Waals surface area contributed by atoms with Gasteiger partial charge in [-0.1, -0.05) is 18.2 Å². The van der Waals surface area contributed by atoms with Crippen LogP contribution in [-0.4, -0.2) is 25.4 Å². The summed E-state index contributed by atoms with van der Waals surface area (Å²) in [5, 5.41) is 5.55. The standard InChI is InChI=1S/C12H13F3N2O2/c13-12(14,15)19-10-4-2-1-3-8(10)7-17-11(18)9-5-16-6-9/h1-4,9,16H,5-7H2,(H,17,18). The molecule has 0 atom stereocenters. The minimum Gasteiger partial charge on any atom is -0.405 e. The lowest BCUT2D eigenvalue weighted by Crippen LogP contribution is -2.50. The van der Waals surface area contributed by atoms with E-state index in [4.69, 9.17) is 0 Å². The number of hydrogen-bond donors (Lipinski definition) is 2. The van der Waals surface area contributed by atoms with E-state index < -0.39 is 6.36 Å². The monoisotopic (exact) mass is 274 g/mol. The molecule has 0 aliphatic carbocycles. The van der Waals surface area contributed by atoms with Crippen molar-refractivity contribution in [3.63, 3.8) is 0 Å². The lowest BCUT2D eigenvalue weighted by molar-refractivity contribution is -0.274. The summed E-state index contributed by atoms with van der Waals surface area (Å²) in [4.78, 5) is 11.6. The van der Waals surface area contributed by atoms with Gasteiger partial charge in [0.2, 0.25) is 5.91 Å². The summed E-state index contributed by atoms with van der Waals surface area (Å²) in [6, 6.07) is 5.75. The van der Waals surface area contributed by atoms with Gasteiger partial charge in [-0.15, -0.1) is 13.2 Å². The second-order valence-electron chi connectivity index (χ2n) is 4.23. The quantitative estimate of drug-likeness (QED) is 0.873. The van der Waals surface area contributed by atoms with Gasteiger partial charge >= 0.3 is 6.36 Å². The first-order chi connectivity index (χ1) is 8.96. The molecule has 0 spiro atoms. The molecule has 1 saturated heterocycles. The Kier molecular flexibility index (Phi) is 3.94. The van der Waals surface area contributed by atoms with Gasteiger partial charge in [0.1, 0.15) is 5.75 Å². The molecule has 0 radical (unpaired) electrons. The van der Waals surface area contributed by atoms with E-state index in [1.54, 1.807) is 6.07 Å². The zero-order valence-corrected chi connectivity index (χ0v) is 9.96. The molecule has 1 aliphatic rings. The van der Waals surface area contributed by atoms with Crippen molar-refractivity contribution in [2.75, 3.05) is 13.1 Å². The van der Waals surface area contributed by atoms with Crippen molar-refractivity contribution >= 4 is 5.91 Å². The average molecular weight is 274 g/mol. The Bertz CT molecular complexity index is 459. The predicted octanol–water partition coefficient (Wildman–Crippen LogP) is 1.42. The smallest absolute Gasteiger partial charge is 0.405 e. The first kappa shape index (κ1) is 13.7. The summed E-state index contributed by atoms with van der Waals surface area (Å²) < 4.78 is 40.5. The molecule has 0 unspecified atom stereocenters. The van der Waals surface area contributed by atoms with Gasteiger partial charge in [0, 0.05) is 25.2 Å². The molecule has 1 fully saturated rings. The molecule has 0 aromatic heterocycles. The second kappa shape index (κ2) is 5.48. The fraction of sp³-hybridized carbons (Fsp3) is 0.417. The Hall–Kier alpha value is -1.76. The molecule has 2 N–H and O–H groups in total. The molecule has 0 saturated carbocycles. The molecule has 1 aromatic rings. The topological polar surface area (TPSA) is 50.4 Å². The van der Waals surface area contributed by atoms with Gasteiger partial charge in [-0.05, 0) is 6.07 Å². The first-order valence-corrected chi connectivity index (χ1v) is 5.78. The number of alkyl halides is 3. The van der Waals surface area contributed by atoms with Gasteiger partial charge in [0.15, 0.2) is 0 Å². The lowest BCUT2D eigenvalue weighted by Gasteiger charge is -2.26. The maximum atomic E-state index is 12.2. The number of carbonyl (C=O) groups excluding carboxylic acids is 1.